The zero-order chi connectivity index (χ0) is 15.4. The quantitative estimate of drug-likeness (QED) is 0.575. The Labute approximate surface area is 124 Å². The first-order valence-electron chi connectivity index (χ1n) is 7.48. The summed E-state index contributed by atoms with van der Waals surface area (Å²) in [5.41, 5.74) is 6.35. The van der Waals surface area contributed by atoms with Gasteiger partial charge in [0.15, 0.2) is 5.82 Å². The van der Waals surface area contributed by atoms with Crippen LogP contribution in [-0.2, 0) is 4.74 Å². The third-order valence-corrected chi connectivity index (χ3v) is 3.94. The van der Waals surface area contributed by atoms with Gasteiger partial charge in [-0.05, 0) is 19.8 Å². The number of nitrogens with two attached hydrogens (primary N) is 1. The normalized spacial score (nSPS) is 22.6. The Morgan fingerprint density at radius 1 is 1.48 bits per heavy atom. The fourth-order valence-electron chi connectivity index (χ4n) is 2.85. The molecule has 21 heavy (non-hydrogen) atoms. The second-order valence-corrected chi connectivity index (χ2v) is 5.35. The summed E-state index contributed by atoms with van der Waals surface area (Å²) in [4.78, 5) is 11.9. The molecular formula is C14H24N4O3. The van der Waals surface area contributed by atoms with Crippen LogP contribution in [0.5, 0.6) is 0 Å². The Hall–Kier alpha value is -1.76. The number of aliphatic hydroxyl groups excluding tert-OH is 1. The lowest BCUT2D eigenvalue weighted by Crippen LogP contribution is -2.25. The van der Waals surface area contributed by atoms with Crippen LogP contribution in [0.15, 0.2) is 0 Å². The number of carbonyl (C=O) groups is 1. The molecule has 2 rings (SSSR count). The maximum absolute atomic E-state index is 11.9. The van der Waals surface area contributed by atoms with Gasteiger partial charge in [-0.2, -0.15) is 5.10 Å². The van der Waals surface area contributed by atoms with Crippen LogP contribution in [0.4, 0.5) is 11.6 Å². The highest BCUT2D eigenvalue weighted by atomic mass is 16.5. The minimum Gasteiger partial charge on any atom is -0.465 e. The first kappa shape index (κ1) is 15.6. The number of rotatable bonds is 4. The molecular weight excluding hydrogens is 272 g/mol. The van der Waals surface area contributed by atoms with Crippen molar-refractivity contribution in [2.75, 3.05) is 24.7 Å². The number of anilines is 2. The van der Waals surface area contributed by atoms with Crippen LogP contribution >= 0.6 is 0 Å². The Morgan fingerprint density at radius 3 is 2.86 bits per heavy atom. The number of hydrogen-bond acceptors (Lipinski definition) is 6. The number of esters is 1. The SMILES string of the molecule is CCNc1nn(C2CCCCCC2O)c(N)c1C(=O)OC. The molecule has 0 aromatic carbocycles. The molecule has 7 heteroatoms. The van der Waals surface area contributed by atoms with Crippen molar-refractivity contribution in [1.29, 1.82) is 0 Å². The molecule has 0 saturated heterocycles. The van der Waals surface area contributed by atoms with Gasteiger partial charge >= 0.3 is 5.97 Å². The third-order valence-electron chi connectivity index (χ3n) is 3.94. The second kappa shape index (κ2) is 6.80. The lowest BCUT2D eigenvalue weighted by Gasteiger charge is -2.21. The van der Waals surface area contributed by atoms with Crippen molar-refractivity contribution in [3.63, 3.8) is 0 Å². The molecule has 118 valence electrons. The summed E-state index contributed by atoms with van der Waals surface area (Å²) in [7, 11) is 1.31. The molecule has 1 fully saturated rings. The minimum absolute atomic E-state index is 0.191. The zero-order valence-electron chi connectivity index (χ0n) is 12.6. The Morgan fingerprint density at radius 2 is 2.19 bits per heavy atom. The average Bonchev–Trinajstić information content (AvgIpc) is 2.64. The predicted molar refractivity (Wildman–Crippen MR) is 80.3 cm³/mol. The number of carbonyl (C=O) groups excluding carboxylic acids is 1. The van der Waals surface area contributed by atoms with Gasteiger partial charge in [0, 0.05) is 6.54 Å². The molecule has 1 heterocycles. The molecule has 1 aromatic rings. The maximum atomic E-state index is 11.9. The maximum Gasteiger partial charge on any atom is 0.345 e. The van der Waals surface area contributed by atoms with Crippen LogP contribution in [-0.4, -0.2) is 40.6 Å². The van der Waals surface area contributed by atoms with Crippen molar-refractivity contribution >= 4 is 17.6 Å². The topological polar surface area (TPSA) is 102 Å². The highest BCUT2D eigenvalue weighted by molar-refractivity contribution is 5.99. The van der Waals surface area contributed by atoms with E-state index in [-0.39, 0.29) is 17.4 Å². The number of hydrogen-bond donors (Lipinski definition) is 3. The van der Waals surface area contributed by atoms with Crippen molar-refractivity contribution in [3.8, 4) is 0 Å². The number of aliphatic hydroxyl groups is 1. The lowest BCUT2D eigenvalue weighted by atomic mass is 10.1. The van der Waals surface area contributed by atoms with E-state index in [1.807, 2.05) is 6.92 Å². The number of nitrogens with one attached hydrogen (secondary N) is 1. The summed E-state index contributed by atoms with van der Waals surface area (Å²) in [6, 6.07) is -0.191. The molecule has 0 amide bonds. The van der Waals surface area contributed by atoms with Crippen LogP contribution in [0.2, 0.25) is 0 Å². The number of nitrogens with zero attached hydrogens (tertiary/aromatic N) is 2. The van der Waals surface area contributed by atoms with E-state index in [1.165, 1.54) is 7.11 Å². The van der Waals surface area contributed by atoms with Gasteiger partial charge in [-0.25, -0.2) is 9.48 Å². The van der Waals surface area contributed by atoms with Gasteiger partial charge in [0.1, 0.15) is 11.4 Å². The molecule has 2 unspecified atom stereocenters. The summed E-state index contributed by atoms with van der Waals surface area (Å²) in [5.74, 6) is 0.153. The van der Waals surface area contributed by atoms with Gasteiger partial charge in [0.25, 0.3) is 0 Å². The van der Waals surface area contributed by atoms with Gasteiger partial charge in [-0.15, -0.1) is 0 Å². The second-order valence-electron chi connectivity index (χ2n) is 5.35. The third kappa shape index (κ3) is 3.12. The van der Waals surface area contributed by atoms with E-state index in [2.05, 4.69) is 10.4 Å². The molecule has 2 atom stereocenters. The van der Waals surface area contributed by atoms with Crippen molar-refractivity contribution < 1.29 is 14.6 Å². The molecule has 1 saturated carbocycles. The van der Waals surface area contributed by atoms with E-state index in [0.717, 1.165) is 32.1 Å². The predicted octanol–water partition coefficient (Wildman–Crippen LogP) is 1.55. The fourth-order valence-corrected chi connectivity index (χ4v) is 2.85. The van der Waals surface area contributed by atoms with E-state index in [4.69, 9.17) is 10.5 Å². The summed E-state index contributed by atoms with van der Waals surface area (Å²) in [5, 5.41) is 17.7. The highest BCUT2D eigenvalue weighted by Crippen LogP contribution is 2.33. The van der Waals surface area contributed by atoms with Gasteiger partial charge < -0.3 is 20.9 Å². The molecule has 0 radical (unpaired) electrons. The van der Waals surface area contributed by atoms with Crippen LogP contribution in [0, 0.1) is 0 Å². The van der Waals surface area contributed by atoms with E-state index in [1.54, 1.807) is 4.68 Å². The molecule has 1 aliphatic rings. The molecule has 0 bridgehead atoms. The molecule has 1 aromatic heterocycles. The number of nitrogen functional groups attached to an aromatic ring is 1. The summed E-state index contributed by atoms with van der Waals surface area (Å²) in [6.07, 6.45) is 4.16. The van der Waals surface area contributed by atoms with Gasteiger partial charge in [0.05, 0.1) is 19.3 Å². The average molecular weight is 296 g/mol. The van der Waals surface area contributed by atoms with Crippen LogP contribution < -0.4 is 11.1 Å². The highest BCUT2D eigenvalue weighted by Gasteiger charge is 2.30. The Bertz CT molecular complexity index is 501. The van der Waals surface area contributed by atoms with E-state index in [0.29, 0.717) is 12.4 Å². The summed E-state index contributed by atoms with van der Waals surface area (Å²) >= 11 is 0. The molecule has 0 aliphatic heterocycles. The smallest absolute Gasteiger partial charge is 0.345 e. The van der Waals surface area contributed by atoms with Crippen molar-refractivity contribution in [2.45, 2.75) is 51.2 Å². The van der Waals surface area contributed by atoms with Gasteiger partial charge in [-0.1, -0.05) is 19.3 Å². The van der Waals surface area contributed by atoms with Crippen LogP contribution in [0.3, 0.4) is 0 Å². The zero-order valence-corrected chi connectivity index (χ0v) is 12.6. The van der Waals surface area contributed by atoms with Crippen molar-refractivity contribution in [3.05, 3.63) is 5.56 Å². The Kier molecular flexibility index (Phi) is 5.06. The first-order chi connectivity index (χ1) is 10.1. The van der Waals surface area contributed by atoms with Gasteiger partial charge in [-0.3, -0.25) is 0 Å². The monoisotopic (exact) mass is 296 g/mol. The number of aromatic nitrogens is 2. The summed E-state index contributed by atoms with van der Waals surface area (Å²) in [6.45, 7) is 2.53. The fraction of sp³-hybridized carbons (Fsp3) is 0.714. The van der Waals surface area contributed by atoms with E-state index < -0.39 is 12.1 Å². The van der Waals surface area contributed by atoms with Crippen molar-refractivity contribution in [1.82, 2.24) is 9.78 Å². The van der Waals surface area contributed by atoms with Crippen LogP contribution in [0.25, 0.3) is 0 Å². The molecule has 1 aliphatic carbocycles. The minimum atomic E-state index is -0.516. The molecule has 4 N–H and O–H groups in total. The Balaban J connectivity index is 2.41. The largest absolute Gasteiger partial charge is 0.465 e. The van der Waals surface area contributed by atoms with Crippen LogP contribution in [0.1, 0.15) is 55.4 Å². The lowest BCUT2D eigenvalue weighted by molar-refractivity contribution is 0.0602. The van der Waals surface area contributed by atoms with Crippen molar-refractivity contribution in [2.24, 2.45) is 0 Å². The molecule has 7 nitrogen and oxygen atoms in total. The van der Waals surface area contributed by atoms with Gasteiger partial charge in [0.2, 0.25) is 0 Å². The van der Waals surface area contributed by atoms with E-state index >= 15 is 0 Å². The standard InChI is InChI=1S/C14H24N4O3/c1-3-16-13-11(14(20)21-2)12(15)18(17-13)9-7-5-4-6-8-10(9)19/h9-10,19H,3-8,15H2,1-2H3,(H,16,17). The summed E-state index contributed by atoms with van der Waals surface area (Å²) < 4.78 is 6.37. The number of methoxy groups -OCH3 is 1. The van der Waals surface area contributed by atoms with E-state index in [9.17, 15) is 9.90 Å². The molecule has 0 spiro atoms. The first-order valence-corrected chi connectivity index (χ1v) is 7.48. The number of ether oxygens (including phenoxy) is 1.